The van der Waals surface area contributed by atoms with Crippen LogP contribution in [0, 0.1) is 18.6 Å². The van der Waals surface area contributed by atoms with Crippen molar-refractivity contribution in [1.82, 2.24) is 20.4 Å². The number of aryl methyl sites for hydroxylation is 1. The van der Waals surface area contributed by atoms with E-state index in [0.717, 1.165) is 34.9 Å². The second-order valence-electron chi connectivity index (χ2n) is 6.11. The fraction of sp³-hybridized carbons (Fsp3) is 0.278. The van der Waals surface area contributed by atoms with E-state index in [1.54, 1.807) is 31.4 Å². The molecule has 3 heterocycles. The number of methoxy groups -OCH3 is 1. The summed E-state index contributed by atoms with van der Waals surface area (Å²) in [7, 11) is 3.34. The summed E-state index contributed by atoms with van der Waals surface area (Å²) in [5.74, 6) is -2.47. The highest BCUT2D eigenvalue weighted by Crippen LogP contribution is 2.26. The lowest BCUT2D eigenvalue weighted by molar-refractivity contribution is -0.117. The lowest BCUT2D eigenvalue weighted by atomic mass is 10.1. The molecular formula is C18H19F2N5O2. The zero-order valence-electron chi connectivity index (χ0n) is 15.1. The van der Waals surface area contributed by atoms with Crippen LogP contribution in [0.4, 0.5) is 14.5 Å². The van der Waals surface area contributed by atoms with E-state index >= 15 is 0 Å². The number of nitrogens with zero attached hydrogens (tertiary/aromatic N) is 3. The molecule has 2 aromatic heterocycles. The summed E-state index contributed by atoms with van der Waals surface area (Å²) in [6.07, 6.45) is 5.05. The molecule has 9 heteroatoms. The predicted octanol–water partition coefficient (Wildman–Crippen LogP) is 2.01. The van der Waals surface area contributed by atoms with Gasteiger partial charge in [-0.15, -0.1) is 0 Å². The van der Waals surface area contributed by atoms with Gasteiger partial charge in [-0.05, 0) is 24.6 Å². The Bertz CT molecular complexity index is 883. The first-order valence-electron chi connectivity index (χ1n) is 8.17. The van der Waals surface area contributed by atoms with Crippen LogP contribution in [0.15, 0.2) is 30.7 Å². The molecule has 0 bridgehead atoms. The standard InChI is InChI=1S/C18H19F2N5O2/c1-10-4-11(9-27-3)22-6-12(10)16-5-15(24-25(16)2)18(26)23-17-13(19)7-21-8-14(17)20/h4-8,15,24H,9H2,1-3H3,(H,21,23,26). The van der Waals surface area contributed by atoms with Crippen molar-refractivity contribution in [3.05, 3.63) is 59.2 Å². The van der Waals surface area contributed by atoms with Crippen molar-refractivity contribution < 1.29 is 18.3 Å². The number of nitrogens with one attached hydrogen (secondary N) is 2. The molecule has 1 aliphatic heterocycles. The topological polar surface area (TPSA) is 79.4 Å². The number of anilines is 1. The summed E-state index contributed by atoms with van der Waals surface area (Å²) >= 11 is 0. The minimum absolute atomic E-state index is 0.405. The number of hydrazine groups is 1. The molecule has 0 radical (unpaired) electrons. The highest BCUT2D eigenvalue weighted by Gasteiger charge is 2.28. The Hall–Kier alpha value is -2.91. The van der Waals surface area contributed by atoms with Crippen molar-refractivity contribution in [3.8, 4) is 0 Å². The van der Waals surface area contributed by atoms with E-state index < -0.39 is 29.3 Å². The highest BCUT2D eigenvalue weighted by atomic mass is 19.1. The minimum Gasteiger partial charge on any atom is -0.378 e. The molecule has 1 atom stereocenters. The summed E-state index contributed by atoms with van der Waals surface area (Å²) in [5, 5.41) is 3.93. The van der Waals surface area contributed by atoms with Gasteiger partial charge in [-0.1, -0.05) is 0 Å². The van der Waals surface area contributed by atoms with Gasteiger partial charge in [0.05, 0.1) is 30.4 Å². The van der Waals surface area contributed by atoms with E-state index in [4.69, 9.17) is 4.74 Å². The number of ether oxygens (including phenoxy) is 1. The summed E-state index contributed by atoms with van der Waals surface area (Å²) in [6, 6.07) is 1.11. The highest BCUT2D eigenvalue weighted by molar-refractivity contribution is 5.98. The number of rotatable bonds is 5. The van der Waals surface area contributed by atoms with Gasteiger partial charge < -0.3 is 15.1 Å². The van der Waals surface area contributed by atoms with Crippen molar-refractivity contribution >= 4 is 17.3 Å². The van der Waals surface area contributed by atoms with Crippen LogP contribution in [0.5, 0.6) is 0 Å². The third-order valence-electron chi connectivity index (χ3n) is 4.14. The molecular weight excluding hydrogens is 356 g/mol. The largest absolute Gasteiger partial charge is 0.378 e. The molecule has 1 aliphatic rings. The van der Waals surface area contributed by atoms with Crippen LogP contribution in [0.3, 0.4) is 0 Å². The summed E-state index contributed by atoms with van der Waals surface area (Å²) in [5.41, 5.74) is 5.75. The van der Waals surface area contributed by atoms with Crippen molar-refractivity contribution in [2.75, 3.05) is 19.5 Å². The average molecular weight is 375 g/mol. The van der Waals surface area contributed by atoms with Crippen LogP contribution < -0.4 is 10.7 Å². The molecule has 142 valence electrons. The Balaban J connectivity index is 1.82. The van der Waals surface area contributed by atoms with Gasteiger partial charge in [-0.2, -0.15) is 0 Å². The first-order valence-corrected chi connectivity index (χ1v) is 8.17. The zero-order chi connectivity index (χ0) is 19.6. The maximum Gasteiger partial charge on any atom is 0.247 e. The smallest absolute Gasteiger partial charge is 0.247 e. The number of hydrogen-bond acceptors (Lipinski definition) is 6. The normalized spacial score (nSPS) is 16.4. The molecule has 2 aromatic rings. The molecule has 1 amide bonds. The van der Waals surface area contributed by atoms with Crippen LogP contribution in [0.1, 0.15) is 16.8 Å². The molecule has 0 fully saturated rings. The lowest BCUT2D eigenvalue weighted by Crippen LogP contribution is -2.41. The number of halogens is 2. The Kier molecular flexibility index (Phi) is 5.43. The van der Waals surface area contributed by atoms with E-state index in [0.29, 0.717) is 6.61 Å². The van der Waals surface area contributed by atoms with Crippen LogP contribution in [0.2, 0.25) is 0 Å². The first kappa shape index (κ1) is 18.9. The Morgan fingerprint density at radius 1 is 1.33 bits per heavy atom. The number of carbonyl (C=O) groups is 1. The molecule has 0 aromatic carbocycles. The molecule has 7 nitrogen and oxygen atoms in total. The molecule has 0 saturated heterocycles. The van der Waals surface area contributed by atoms with Gasteiger partial charge in [-0.3, -0.25) is 14.8 Å². The molecule has 0 spiro atoms. The van der Waals surface area contributed by atoms with Crippen molar-refractivity contribution in [2.24, 2.45) is 0 Å². The minimum atomic E-state index is -0.937. The number of aromatic nitrogens is 2. The maximum atomic E-state index is 13.7. The number of pyridine rings is 2. The lowest BCUT2D eigenvalue weighted by Gasteiger charge is -2.19. The van der Waals surface area contributed by atoms with Gasteiger partial charge in [0.2, 0.25) is 5.91 Å². The third-order valence-corrected chi connectivity index (χ3v) is 4.14. The van der Waals surface area contributed by atoms with Crippen LogP contribution in [0.25, 0.3) is 5.70 Å². The van der Waals surface area contributed by atoms with E-state index in [1.807, 2.05) is 13.0 Å². The van der Waals surface area contributed by atoms with Gasteiger partial charge >= 0.3 is 0 Å². The van der Waals surface area contributed by atoms with Gasteiger partial charge in [0.1, 0.15) is 11.7 Å². The summed E-state index contributed by atoms with van der Waals surface area (Å²) in [4.78, 5) is 20.2. The Morgan fingerprint density at radius 3 is 2.67 bits per heavy atom. The third kappa shape index (κ3) is 3.93. The van der Waals surface area contributed by atoms with E-state index in [-0.39, 0.29) is 0 Å². The zero-order valence-corrected chi connectivity index (χ0v) is 15.1. The Morgan fingerprint density at radius 2 is 2.04 bits per heavy atom. The quantitative estimate of drug-likeness (QED) is 0.832. The molecule has 2 N–H and O–H groups in total. The fourth-order valence-corrected chi connectivity index (χ4v) is 2.83. The monoisotopic (exact) mass is 375 g/mol. The molecule has 27 heavy (non-hydrogen) atoms. The number of amides is 1. The molecule has 1 unspecified atom stereocenters. The number of carbonyl (C=O) groups excluding carboxylic acids is 1. The van der Waals surface area contributed by atoms with Crippen molar-refractivity contribution in [1.29, 1.82) is 0 Å². The molecule has 3 rings (SSSR count). The molecule has 0 aliphatic carbocycles. The van der Waals surface area contributed by atoms with Crippen LogP contribution in [-0.2, 0) is 16.1 Å². The van der Waals surface area contributed by atoms with E-state index in [1.165, 1.54) is 0 Å². The predicted molar refractivity (Wildman–Crippen MR) is 95.1 cm³/mol. The van der Waals surface area contributed by atoms with E-state index in [2.05, 4.69) is 20.7 Å². The van der Waals surface area contributed by atoms with Crippen molar-refractivity contribution in [2.45, 2.75) is 19.6 Å². The average Bonchev–Trinajstić information content (AvgIpc) is 3.00. The maximum absolute atomic E-state index is 13.7. The number of hydrogen-bond donors (Lipinski definition) is 2. The van der Waals surface area contributed by atoms with E-state index in [9.17, 15) is 13.6 Å². The second kappa shape index (κ2) is 7.77. The summed E-state index contributed by atoms with van der Waals surface area (Å²) in [6.45, 7) is 2.34. The van der Waals surface area contributed by atoms with Gasteiger partial charge in [-0.25, -0.2) is 14.2 Å². The van der Waals surface area contributed by atoms with Crippen LogP contribution >= 0.6 is 0 Å². The second-order valence-corrected chi connectivity index (χ2v) is 6.11. The fourth-order valence-electron chi connectivity index (χ4n) is 2.83. The van der Waals surface area contributed by atoms with Crippen LogP contribution in [-0.4, -0.2) is 41.1 Å². The SMILES string of the molecule is COCc1cc(C)c(C2=CC(C(=O)Nc3c(F)cncc3F)NN2C)cn1. The molecule has 0 saturated carbocycles. The first-order chi connectivity index (χ1) is 12.9. The Labute approximate surface area is 155 Å². The van der Waals surface area contributed by atoms with Gasteiger partial charge in [0.25, 0.3) is 0 Å². The van der Waals surface area contributed by atoms with Crippen molar-refractivity contribution in [3.63, 3.8) is 0 Å². The van der Waals surface area contributed by atoms with Gasteiger partial charge in [0, 0.05) is 25.9 Å². The summed E-state index contributed by atoms with van der Waals surface area (Å²) < 4.78 is 32.5. The van der Waals surface area contributed by atoms with Gasteiger partial charge in [0.15, 0.2) is 11.6 Å².